The summed E-state index contributed by atoms with van der Waals surface area (Å²) in [5.74, 6) is 0.881. The van der Waals surface area contributed by atoms with Crippen LogP contribution in [0.15, 0.2) is 24.3 Å². The molecule has 0 saturated carbocycles. The van der Waals surface area contributed by atoms with E-state index in [4.69, 9.17) is 14.2 Å². The standard InChI is InChI=1S/C15H21IO3/c1-17-13-7-5-12(6-8-13)15(10-16)19-11-14-4-2-3-9-18-14/h5-8,14-15H,2-4,9-11H2,1H3. The summed E-state index contributed by atoms with van der Waals surface area (Å²) >= 11 is 2.37. The molecular formula is C15H21IO3. The molecule has 0 radical (unpaired) electrons. The molecule has 2 unspecified atom stereocenters. The van der Waals surface area contributed by atoms with Gasteiger partial charge in [-0.3, -0.25) is 0 Å². The van der Waals surface area contributed by atoms with Crippen molar-refractivity contribution < 1.29 is 14.2 Å². The first-order valence-corrected chi connectivity index (χ1v) is 8.29. The first kappa shape index (κ1) is 15.1. The molecule has 1 aromatic rings. The molecule has 1 aliphatic rings. The van der Waals surface area contributed by atoms with Crippen LogP contribution < -0.4 is 4.74 Å². The fourth-order valence-corrected chi connectivity index (χ4v) is 2.97. The van der Waals surface area contributed by atoms with Crippen LogP contribution in [-0.2, 0) is 9.47 Å². The molecule has 106 valence electrons. The molecule has 0 aliphatic carbocycles. The van der Waals surface area contributed by atoms with Gasteiger partial charge < -0.3 is 14.2 Å². The van der Waals surface area contributed by atoms with Gasteiger partial charge in [0, 0.05) is 11.0 Å². The molecule has 2 atom stereocenters. The molecule has 1 fully saturated rings. The molecule has 1 aliphatic heterocycles. The highest BCUT2D eigenvalue weighted by Crippen LogP contribution is 2.24. The summed E-state index contributed by atoms with van der Waals surface area (Å²) in [6, 6.07) is 8.11. The van der Waals surface area contributed by atoms with Gasteiger partial charge in [-0.1, -0.05) is 34.7 Å². The zero-order chi connectivity index (χ0) is 13.5. The second-order valence-corrected chi connectivity index (χ2v) is 5.62. The summed E-state index contributed by atoms with van der Waals surface area (Å²) in [5, 5.41) is 0. The maximum Gasteiger partial charge on any atom is 0.118 e. The zero-order valence-corrected chi connectivity index (χ0v) is 13.5. The van der Waals surface area contributed by atoms with E-state index in [1.54, 1.807) is 7.11 Å². The van der Waals surface area contributed by atoms with E-state index in [1.165, 1.54) is 18.4 Å². The lowest BCUT2D eigenvalue weighted by atomic mass is 10.1. The SMILES string of the molecule is COc1ccc(C(CI)OCC2CCCCO2)cc1. The smallest absolute Gasteiger partial charge is 0.118 e. The van der Waals surface area contributed by atoms with Gasteiger partial charge in [0.15, 0.2) is 0 Å². The summed E-state index contributed by atoms with van der Waals surface area (Å²) < 4.78 is 17.8. The highest BCUT2D eigenvalue weighted by Gasteiger charge is 2.17. The monoisotopic (exact) mass is 376 g/mol. The Labute approximate surface area is 128 Å². The average molecular weight is 376 g/mol. The summed E-state index contributed by atoms with van der Waals surface area (Å²) in [6.45, 7) is 1.57. The second-order valence-electron chi connectivity index (χ2n) is 4.74. The number of hydrogen-bond donors (Lipinski definition) is 0. The molecule has 1 heterocycles. The number of halogens is 1. The van der Waals surface area contributed by atoms with E-state index >= 15 is 0 Å². The molecule has 0 spiro atoms. The number of hydrogen-bond acceptors (Lipinski definition) is 3. The molecule has 3 nitrogen and oxygen atoms in total. The fraction of sp³-hybridized carbons (Fsp3) is 0.600. The molecule has 1 aromatic carbocycles. The molecule has 0 amide bonds. The average Bonchev–Trinajstić information content (AvgIpc) is 2.49. The van der Waals surface area contributed by atoms with Crippen LogP contribution in [0.5, 0.6) is 5.75 Å². The number of ether oxygens (including phenoxy) is 3. The Morgan fingerprint density at radius 2 is 2.11 bits per heavy atom. The van der Waals surface area contributed by atoms with Gasteiger partial charge in [0.2, 0.25) is 0 Å². The van der Waals surface area contributed by atoms with E-state index in [-0.39, 0.29) is 12.2 Å². The van der Waals surface area contributed by atoms with E-state index in [0.717, 1.165) is 23.2 Å². The van der Waals surface area contributed by atoms with E-state index in [9.17, 15) is 0 Å². The maximum absolute atomic E-state index is 6.02. The summed E-state index contributed by atoms with van der Waals surface area (Å²) in [6.07, 6.45) is 3.97. The van der Waals surface area contributed by atoms with Crippen molar-refractivity contribution >= 4 is 22.6 Å². The Hall–Kier alpha value is -0.330. The van der Waals surface area contributed by atoms with Crippen molar-refractivity contribution in [1.82, 2.24) is 0 Å². The van der Waals surface area contributed by atoms with E-state index in [0.29, 0.717) is 6.61 Å². The Morgan fingerprint density at radius 3 is 2.68 bits per heavy atom. The summed E-state index contributed by atoms with van der Waals surface area (Å²) in [5.41, 5.74) is 1.20. The minimum Gasteiger partial charge on any atom is -0.497 e. The van der Waals surface area contributed by atoms with Gasteiger partial charge in [0.05, 0.1) is 25.9 Å². The van der Waals surface area contributed by atoms with Crippen molar-refractivity contribution in [3.63, 3.8) is 0 Å². The van der Waals surface area contributed by atoms with Crippen LogP contribution in [-0.4, -0.2) is 30.9 Å². The van der Waals surface area contributed by atoms with Gasteiger partial charge in [-0.05, 0) is 37.0 Å². The lowest BCUT2D eigenvalue weighted by Crippen LogP contribution is -2.25. The quantitative estimate of drug-likeness (QED) is 0.559. The third kappa shape index (κ3) is 4.61. The molecule has 0 aromatic heterocycles. The molecule has 0 N–H and O–H groups in total. The van der Waals surface area contributed by atoms with Gasteiger partial charge in [-0.25, -0.2) is 0 Å². The Bertz CT molecular complexity index is 360. The maximum atomic E-state index is 6.02. The second kappa shape index (κ2) is 8.07. The third-order valence-corrected chi connectivity index (χ3v) is 4.19. The first-order chi connectivity index (χ1) is 9.33. The fourth-order valence-electron chi connectivity index (χ4n) is 2.21. The van der Waals surface area contributed by atoms with E-state index < -0.39 is 0 Å². The van der Waals surface area contributed by atoms with Crippen molar-refractivity contribution in [1.29, 1.82) is 0 Å². The van der Waals surface area contributed by atoms with Crippen LogP contribution in [0.25, 0.3) is 0 Å². The van der Waals surface area contributed by atoms with E-state index in [2.05, 4.69) is 34.7 Å². The van der Waals surface area contributed by atoms with E-state index in [1.807, 2.05) is 12.1 Å². The van der Waals surface area contributed by atoms with Crippen LogP contribution in [0, 0.1) is 0 Å². The van der Waals surface area contributed by atoms with Crippen LogP contribution >= 0.6 is 22.6 Å². The van der Waals surface area contributed by atoms with Crippen LogP contribution in [0.2, 0.25) is 0 Å². The van der Waals surface area contributed by atoms with Gasteiger partial charge in [-0.2, -0.15) is 0 Å². The van der Waals surface area contributed by atoms with Crippen LogP contribution in [0.4, 0.5) is 0 Å². The third-order valence-electron chi connectivity index (χ3n) is 3.39. The van der Waals surface area contributed by atoms with Crippen molar-refractivity contribution in [3.05, 3.63) is 29.8 Å². The predicted octanol–water partition coefficient (Wildman–Crippen LogP) is 3.76. The van der Waals surface area contributed by atoms with Crippen LogP contribution in [0.1, 0.15) is 30.9 Å². The Kier molecular flexibility index (Phi) is 6.40. The number of benzene rings is 1. The Balaban J connectivity index is 1.87. The zero-order valence-electron chi connectivity index (χ0n) is 11.3. The normalized spacial score (nSPS) is 21.1. The number of alkyl halides is 1. The van der Waals surface area contributed by atoms with Crippen molar-refractivity contribution in [3.8, 4) is 5.75 Å². The number of methoxy groups -OCH3 is 1. The highest BCUT2D eigenvalue weighted by molar-refractivity contribution is 14.1. The minimum atomic E-state index is 0.136. The predicted molar refractivity (Wildman–Crippen MR) is 84.2 cm³/mol. The first-order valence-electron chi connectivity index (χ1n) is 6.76. The summed E-state index contributed by atoms with van der Waals surface area (Å²) in [7, 11) is 1.68. The molecule has 19 heavy (non-hydrogen) atoms. The topological polar surface area (TPSA) is 27.7 Å². The largest absolute Gasteiger partial charge is 0.497 e. The number of rotatable bonds is 6. The molecule has 4 heteroatoms. The van der Waals surface area contributed by atoms with Crippen molar-refractivity contribution in [2.45, 2.75) is 31.5 Å². The van der Waals surface area contributed by atoms with Crippen LogP contribution in [0.3, 0.4) is 0 Å². The summed E-state index contributed by atoms with van der Waals surface area (Å²) in [4.78, 5) is 0. The lowest BCUT2D eigenvalue weighted by Gasteiger charge is -2.25. The Morgan fingerprint density at radius 1 is 1.32 bits per heavy atom. The molecular weight excluding hydrogens is 355 g/mol. The van der Waals surface area contributed by atoms with Crippen molar-refractivity contribution in [2.75, 3.05) is 24.8 Å². The van der Waals surface area contributed by atoms with Gasteiger partial charge >= 0.3 is 0 Å². The molecule has 1 saturated heterocycles. The van der Waals surface area contributed by atoms with Gasteiger partial charge in [0.25, 0.3) is 0 Å². The van der Waals surface area contributed by atoms with Gasteiger partial charge in [0.1, 0.15) is 5.75 Å². The highest BCUT2D eigenvalue weighted by atomic mass is 127. The molecule has 0 bridgehead atoms. The lowest BCUT2D eigenvalue weighted by molar-refractivity contribution is -0.0582. The minimum absolute atomic E-state index is 0.136. The van der Waals surface area contributed by atoms with Gasteiger partial charge in [-0.15, -0.1) is 0 Å². The molecule has 2 rings (SSSR count). The van der Waals surface area contributed by atoms with Crippen molar-refractivity contribution in [2.24, 2.45) is 0 Å².